The highest BCUT2D eigenvalue weighted by Gasteiger charge is 2.30. The molecule has 5 atom stereocenters. The average Bonchev–Trinajstić information content (AvgIpc) is 2.67. The van der Waals surface area contributed by atoms with Crippen LogP contribution in [0.15, 0.2) is 0 Å². The topological polar surface area (TPSA) is 237 Å². The molecule has 3 unspecified atom stereocenters. The second-order valence-corrected chi connectivity index (χ2v) is 31.1. The fourth-order valence-corrected chi connectivity index (χ4v) is 12.6. The maximum Gasteiger partial charge on any atom is 0.472 e. The molecule has 0 radical (unpaired) electrons. The molecule has 0 aromatic rings. The molecule has 0 aliphatic rings. The Balaban J connectivity index is 5.26. The highest BCUT2D eigenvalue weighted by Crippen LogP contribution is 2.45. The molecular formula is C73H142O17P2. The van der Waals surface area contributed by atoms with Crippen molar-refractivity contribution in [2.75, 3.05) is 39.6 Å². The van der Waals surface area contributed by atoms with Crippen molar-refractivity contribution in [3.63, 3.8) is 0 Å². The first kappa shape index (κ1) is 90.1. The summed E-state index contributed by atoms with van der Waals surface area (Å²) < 4.78 is 68.4. The van der Waals surface area contributed by atoms with Gasteiger partial charge in [0.05, 0.1) is 26.4 Å². The molecule has 92 heavy (non-hydrogen) atoms. The average molecular weight is 1350 g/mol. The summed E-state index contributed by atoms with van der Waals surface area (Å²) in [4.78, 5) is 72.7. The zero-order valence-corrected chi connectivity index (χ0v) is 62.0. The molecule has 19 heteroatoms. The van der Waals surface area contributed by atoms with Gasteiger partial charge in [-0.05, 0) is 49.4 Å². The van der Waals surface area contributed by atoms with Crippen molar-refractivity contribution < 1.29 is 80.2 Å². The zero-order valence-electron chi connectivity index (χ0n) is 60.2. The second-order valence-electron chi connectivity index (χ2n) is 28.2. The molecule has 0 saturated carbocycles. The molecule has 0 fully saturated rings. The molecule has 0 aliphatic heterocycles. The van der Waals surface area contributed by atoms with Crippen LogP contribution in [0, 0.1) is 23.7 Å². The lowest BCUT2D eigenvalue weighted by molar-refractivity contribution is -0.161. The van der Waals surface area contributed by atoms with Gasteiger partial charge in [0.15, 0.2) is 12.2 Å². The smallest absolute Gasteiger partial charge is 0.462 e. The maximum atomic E-state index is 13.1. The van der Waals surface area contributed by atoms with Gasteiger partial charge in [0.25, 0.3) is 0 Å². The van der Waals surface area contributed by atoms with E-state index in [0.717, 1.165) is 114 Å². The highest BCUT2D eigenvalue weighted by atomic mass is 31.2. The van der Waals surface area contributed by atoms with Crippen molar-refractivity contribution in [3.05, 3.63) is 0 Å². The zero-order chi connectivity index (χ0) is 68.2. The van der Waals surface area contributed by atoms with E-state index in [1.165, 1.54) is 167 Å². The molecule has 546 valence electrons. The van der Waals surface area contributed by atoms with Crippen LogP contribution in [0.25, 0.3) is 0 Å². The van der Waals surface area contributed by atoms with Crippen molar-refractivity contribution in [1.82, 2.24) is 0 Å². The fourth-order valence-electron chi connectivity index (χ4n) is 11.0. The Morgan fingerprint density at radius 1 is 0.272 bits per heavy atom. The van der Waals surface area contributed by atoms with Gasteiger partial charge in [-0.1, -0.05) is 312 Å². The summed E-state index contributed by atoms with van der Waals surface area (Å²) in [6, 6.07) is 0. The third kappa shape index (κ3) is 66.7. The molecule has 0 saturated heterocycles. The third-order valence-corrected chi connectivity index (χ3v) is 18.7. The molecule has 0 heterocycles. The lowest BCUT2D eigenvalue weighted by Gasteiger charge is -2.21. The highest BCUT2D eigenvalue weighted by molar-refractivity contribution is 7.47. The van der Waals surface area contributed by atoms with E-state index in [0.29, 0.717) is 25.7 Å². The Morgan fingerprint density at radius 2 is 0.457 bits per heavy atom. The largest absolute Gasteiger partial charge is 0.472 e. The summed E-state index contributed by atoms with van der Waals surface area (Å²) >= 11 is 0. The van der Waals surface area contributed by atoms with Crippen LogP contribution in [0.5, 0.6) is 0 Å². The predicted molar refractivity (Wildman–Crippen MR) is 372 cm³/mol. The van der Waals surface area contributed by atoms with Crippen molar-refractivity contribution in [2.24, 2.45) is 23.7 Å². The van der Waals surface area contributed by atoms with Gasteiger partial charge in [-0.15, -0.1) is 0 Å². The number of rotatable bonds is 70. The van der Waals surface area contributed by atoms with E-state index in [1.807, 2.05) is 0 Å². The molecule has 0 bridgehead atoms. The van der Waals surface area contributed by atoms with Gasteiger partial charge in [-0.3, -0.25) is 37.3 Å². The van der Waals surface area contributed by atoms with E-state index in [1.54, 1.807) is 0 Å². The summed E-state index contributed by atoms with van der Waals surface area (Å²) in [5.74, 6) is 0.877. The monoisotopic (exact) mass is 1350 g/mol. The second kappa shape index (κ2) is 62.6. The number of phosphoric acid groups is 2. The van der Waals surface area contributed by atoms with E-state index in [-0.39, 0.29) is 25.7 Å². The van der Waals surface area contributed by atoms with Crippen LogP contribution >= 0.6 is 15.6 Å². The Labute approximate surface area is 562 Å². The van der Waals surface area contributed by atoms with E-state index >= 15 is 0 Å². The van der Waals surface area contributed by atoms with E-state index in [9.17, 15) is 43.2 Å². The number of aliphatic hydroxyl groups is 1. The number of carbonyl (C=O) groups is 4. The Kier molecular flexibility index (Phi) is 61.3. The van der Waals surface area contributed by atoms with E-state index in [4.69, 9.17) is 37.0 Å². The quantitative estimate of drug-likeness (QED) is 0.0222. The molecule has 0 aliphatic carbocycles. The minimum Gasteiger partial charge on any atom is -0.462 e. The number of unbranched alkanes of at least 4 members (excludes halogenated alkanes) is 36. The van der Waals surface area contributed by atoms with Gasteiger partial charge in [0, 0.05) is 25.7 Å². The first-order chi connectivity index (χ1) is 44.1. The van der Waals surface area contributed by atoms with Gasteiger partial charge >= 0.3 is 39.5 Å². The van der Waals surface area contributed by atoms with Crippen molar-refractivity contribution in [3.8, 4) is 0 Å². The molecule has 0 rings (SSSR count). The van der Waals surface area contributed by atoms with Gasteiger partial charge in [-0.25, -0.2) is 9.13 Å². The minimum atomic E-state index is -4.96. The van der Waals surface area contributed by atoms with E-state index < -0.39 is 97.5 Å². The molecule has 0 spiro atoms. The summed E-state index contributed by atoms with van der Waals surface area (Å²) in [7, 11) is -9.91. The third-order valence-electron chi connectivity index (χ3n) is 16.8. The van der Waals surface area contributed by atoms with Crippen LogP contribution in [0.4, 0.5) is 0 Å². The van der Waals surface area contributed by atoms with Crippen LogP contribution in [0.2, 0.25) is 0 Å². The van der Waals surface area contributed by atoms with Crippen LogP contribution in [0.3, 0.4) is 0 Å². The number of hydrogen-bond acceptors (Lipinski definition) is 15. The molecule has 0 amide bonds. The molecule has 0 aromatic carbocycles. The number of aliphatic hydroxyl groups excluding tert-OH is 1. The normalized spacial score (nSPS) is 14.2. The first-order valence-corrected chi connectivity index (χ1v) is 40.7. The lowest BCUT2D eigenvalue weighted by atomic mass is 10.0. The van der Waals surface area contributed by atoms with Crippen molar-refractivity contribution in [2.45, 2.75) is 382 Å². The summed E-state index contributed by atoms with van der Waals surface area (Å²) in [5, 5.41) is 10.6. The first-order valence-electron chi connectivity index (χ1n) is 37.7. The summed E-state index contributed by atoms with van der Waals surface area (Å²) in [5.41, 5.74) is 0. The number of carbonyl (C=O) groups excluding carboxylic acids is 4. The molecular weight excluding hydrogens is 1210 g/mol. The SMILES string of the molecule is CC(C)CCCCCCCCCCCCCCC(=O)OC[C@H](COP(=O)(O)OCC(O)COP(=O)(O)OC[C@@H](COC(=O)CCCCCCCCCCC(C)C)OC(=O)CCCCCCCCCCC(C)C)OC(=O)CCCCCCCCCCCCCCC(C)C. The van der Waals surface area contributed by atoms with Gasteiger partial charge in [0.2, 0.25) is 0 Å². The molecule has 17 nitrogen and oxygen atoms in total. The van der Waals surface area contributed by atoms with Crippen LogP contribution in [-0.4, -0.2) is 96.7 Å². The van der Waals surface area contributed by atoms with Crippen LogP contribution < -0.4 is 0 Å². The summed E-state index contributed by atoms with van der Waals surface area (Å²) in [6.45, 7) is 14.1. The van der Waals surface area contributed by atoms with Crippen molar-refractivity contribution in [1.29, 1.82) is 0 Å². The fraction of sp³-hybridized carbons (Fsp3) is 0.945. The Hall–Kier alpha value is -1.94. The molecule has 3 N–H and O–H groups in total. The Bertz CT molecular complexity index is 1820. The maximum absolute atomic E-state index is 13.1. The van der Waals surface area contributed by atoms with Crippen molar-refractivity contribution >= 4 is 39.5 Å². The van der Waals surface area contributed by atoms with Crippen LogP contribution in [-0.2, 0) is 65.4 Å². The Morgan fingerprint density at radius 3 is 0.674 bits per heavy atom. The minimum absolute atomic E-state index is 0.104. The van der Waals surface area contributed by atoms with Gasteiger partial charge < -0.3 is 33.8 Å². The predicted octanol–water partition coefficient (Wildman–Crippen LogP) is 20.9. The van der Waals surface area contributed by atoms with Gasteiger partial charge in [0.1, 0.15) is 19.3 Å². The van der Waals surface area contributed by atoms with E-state index in [2.05, 4.69) is 55.4 Å². The lowest BCUT2D eigenvalue weighted by Crippen LogP contribution is -2.30. The number of hydrogen-bond donors (Lipinski definition) is 3. The number of phosphoric ester groups is 2. The summed E-state index contributed by atoms with van der Waals surface area (Å²) in [6.07, 6.45) is 45.8. The molecule has 0 aromatic heterocycles. The number of ether oxygens (including phenoxy) is 4. The van der Waals surface area contributed by atoms with Gasteiger partial charge in [-0.2, -0.15) is 0 Å². The standard InChI is InChI=1S/C73H142O17P2/c1-63(2)49-41-33-25-17-13-9-11-15-19-29-37-45-53-70(75)83-59-68(89-72(77)55-47-39-31-20-16-12-10-14-18-26-34-42-50-64(3)4)61-87-91(79,80)85-57-67(74)58-86-92(81,82)88-62-69(90-73(78)56-48-40-32-24-22-28-36-44-52-66(7)8)60-84-71(76)54-46-38-30-23-21-27-35-43-51-65(5)6/h63-69,74H,9-62H2,1-8H3,(H,79,80)(H,81,82)/t67?,68-,69-/m1/s1. The van der Waals surface area contributed by atoms with Crippen LogP contribution in [0.1, 0.15) is 364 Å². The number of esters is 4.